The van der Waals surface area contributed by atoms with Crippen molar-refractivity contribution in [3.63, 3.8) is 0 Å². The molecule has 6 nitrogen and oxygen atoms in total. The van der Waals surface area contributed by atoms with Crippen LogP contribution in [0.15, 0.2) is 134 Å². The first-order valence-corrected chi connectivity index (χ1v) is 27.7. The van der Waals surface area contributed by atoms with Gasteiger partial charge in [0.15, 0.2) is 6.10 Å². The highest BCUT2D eigenvalue weighted by Crippen LogP contribution is 2.11. The number of esters is 3. The number of carbonyl (C=O) groups is 3. The van der Waals surface area contributed by atoms with Gasteiger partial charge in [0, 0.05) is 19.3 Å². The Balaban J connectivity index is 4.64. The number of carbonyl (C=O) groups excluding carboxylic acids is 3. The monoisotopic (exact) mass is 953 g/mol. The number of ether oxygens (including phenoxy) is 3. The standard InChI is InChI=1S/C63H100O6/c1-4-7-10-13-16-19-22-25-28-30-31-33-36-39-42-45-48-51-54-57-63(66)69-60(58-67-61(64)55-52-49-46-43-40-37-34-27-24-21-18-15-12-9-6-3)59-68-62(65)56-53-50-47-44-41-38-35-32-29-26-23-20-17-14-11-8-5-2/h16-21,25-29,31,33-35,38-39,42,44,47-48,51,60H,4-15,22-24,30,32,36-37,40-41,43,45-46,49-50,52-59H2,1-3H3/b19-16-,20-17-,21-18-,28-25-,29-26-,33-31-,34-27-,38-35-,42-39-,47-44-,51-48-/t60-/m0/s1. The molecule has 0 aliphatic rings. The molecule has 69 heavy (non-hydrogen) atoms. The fourth-order valence-corrected chi connectivity index (χ4v) is 6.92. The maximum absolute atomic E-state index is 12.8. The van der Waals surface area contributed by atoms with Gasteiger partial charge in [0.05, 0.1) is 0 Å². The molecule has 0 amide bonds. The van der Waals surface area contributed by atoms with Gasteiger partial charge in [-0.2, -0.15) is 0 Å². The summed E-state index contributed by atoms with van der Waals surface area (Å²) in [6.45, 7) is 6.42. The van der Waals surface area contributed by atoms with Crippen molar-refractivity contribution in [1.82, 2.24) is 0 Å². The summed E-state index contributed by atoms with van der Waals surface area (Å²) in [4.78, 5) is 38.0. The largest absolute Gasteiger partial charge is 0.462 e. The number of hydrogen-bond acceptors (Lipinski definition) is 6. The van der Waals surface area contributed by atoms with Crippen LogP contribution in [0, 0.1) is 0 Å². The molecule has 0 aromatic rings. The molecule has 0 spiro atoms. The lowest BCUT2D eigenvalue weighted by atomic mass is 10.1. The second-order valence-corrected chi connectivity index (χ2v) is 17.8. The van der Waals surface area contributed by atoms with Crippen molar-refractivity contribution in [3.05, 3.63) is 134 Å². The van der Waals surface area contributed by atoms with E-state index in [0.717, 1.165) is 96.3 Å². The molecule has 388 valence electrons. The molecule has 0 aromatic heterocycles. The third-order valence-corrected chi connectivity index (χ3v) is 11.1. The van der Waals surface area contributed by atoms with Gasteiger partial charge in [-0.25, -0.2) is 0 Å². The molecule has 0 bridgehead atoms. The van der Waals surface area contributed by atoms with E-state index in [9.17, 15) is 14.4 Å². The zero-order valence-electron chi connectivity index (χ0n) is 44.3. The predicted octanol–water partition coefficient (Wildman–Crippen LogP) is 18.6. The van der Waals surface area contributed by atoms with Gasteiger partial charge in [-0.1, -0.05) is 212 Å². The minimum absolute atomic E-state index is 0.137. The summed E-state index contributed by atoms with van der Waals surface area (Å²) in [5, 5.41) is 0. The second-order valence-electron chi connectivity index (χ2n) is 17.8. The van der Waals surface area contributed by atoms with E-state index in [1.807, 2.05) is 12.2 Å². The van der Waals surface area contributed by atoms with Crippen LogP contribution >= 0.6 is 0 Å². The van der Waals surface area contributed by atoms with Crippen LogP contribution in [0.4, 0.5) is 0 Å². The number of rotatable bonds is 48. The lowest BCUT2D eigenvalue weighted by Crippen LogP contribution is -2.30. The van der Waals surface area contributed by atoms with Gasteiger partial charge in [0.1, 0.15) is 13.2 Å². The first kappa shape index (κ1) is 64.5. The van der Waals surface area contributed by atoms with E-state index >= 15 is 0 Å². The van der Waals surface area contributed by atoms with Crippen LogP contribution in [0.1, 0.15) is 226 Å². The highest BCUT2D eigenvalue weighted by atomic mass is 16.6. The second kappa shape index (κ2) is 56.1. The predicted molar refractivity (Wildman–Crippen MR) is 297 cm³/mol. The van der Waals surface area contributed by atoms with Gasteiger partial charge in [0.25, 0.3) is 0 Å². The van der Waals surface area contributed by atoms with Crippen molar-refractivity contribution in [2.24, 2.45) is 0 Å². The molecule has 0 heterocycles. The average Bonchev–Trinajstić information content (AvgIpc) is 3.35. The molecule has 0 aromatic carbocycles. The Labute approximate surface area is 424 Å². The molecule has 0 N–H and O–H groups in total. The highest BCUT2D eigenvalue weighted by Gasteiger charge is 2.19. The van der Waals surface area contributed by atoms with Crippen LogP contribution in [0.25, 0.3) is 0 Å². The Morgan fingerprint density at radius 3 is 0.928 bits per heavy atom. The van der Waals surface area contributed by atoms with Crippen molar-refractivity contribution in [1.29, 1.82) is 0 Å². The van der Waals surface area contributed by atoms with Gasteiger partial charge in [-0.15, -0.1) is 0 Å². The van der Waals surface area contributed by atoms with E-state index in [1.54, 1.807) is 0 Å². The lowest BCUT2D eigenvalue weighted by molar-refractivity contribution is -0.166. The fourth-order valence-electron chi connectivity index (χ4n) is 6.92. The topological polar surface area (TPSA) is 78.9 Å². The summed E-state index contributed by atoms with van der Waals surface area (Å²) in [6.07, 6.45) is 78.8. The smallest absolute Gasteiger partial charge is 0.306 e. The SMILES string of the molecule is CCCCC/C=C\C/C=C\C/C=C\C/C=C\C/C=C\CCC(=O)O[C@H](COC(=O)CCC/C=C\C/C=C\C/C=C\C/C=C\CCCCC)COC(=O)CCCCCCC/C=C\C/C=C\CCCCC. The van der Waals surface area contributed by atoms with Crippen molar-refractivity contribution < 1.29 is 28.6 Å². The van der Waals surface area contributed by atoms with Crippen molar-refractivity contribution in [3.8, 4) is 0 Å². The summed E-state index contributed by atoms with van der Waals surface area (Å²) in [7, 11) is 0. The Morgan fingerprint density at radius 2 is 0.565 bits per heavy atom. The van der Waals surface area contributed by atoms with E-state index in [-0.39, 0.29) is 38.0 Å². The quantitative estimate of drug-likeness (QED) is 0.0262. The average molecular weight is 953 g/mol. The van der Waals surface area contributed by atoms with Crippen LogP contribution in [0.3, 0.4) is 0 Å². The minimum Gasteiger partial charge on any atom is -0.462 e. The molecule has 0 radical (unpaired) electrons. The summed E-state index contributed by atoms with van der Waals surface area (Å²) in [5.74, 6) is -1.10. The third-order valence-electron chi connectivity index (χ3n) is 11.1. The van der Waals surface area contributed by atoms with E-state index in [0.29, 0.717) is 19.3 Å². The molecular formula is C63H100O6. The summed E-state index contributed by atoms with van der Waals surface area (Å²) in [6, 6.07) is 0. The third kappa shape index (κ3) is 54.4. The fraction of sp³-hybridized carbons (Fsp3) is 0.603. The zero-order valence-corrected chi connectivity index (χ0v) is 44.3. The Morgan fingerprint density at radius 1 is 0.290 bits per heavy atom. The van der Waals surface area contributed by atoms with Gasteiger partial charge < -0.3 is 14.2 Å². The lowest BCUT2D eigenvalue weighted by Gasteiger charge is -2.18. The van der Waals surface area contributed by atoms with Gasteiger partial charge in [-0.05, 0) is 128 Å². The number of hydrogen-bond donors (Lipinski definition) is 0. The molecule has 0 fully saturated rings. The Bertz CT molecular complexity index is 1510. The van der Waals surface area contributed by atoms with E-state index in [2.05, 4.69) is 142 Å². The van der Waals surface area contributed by atoms with Crippen LogP contribution < -0.4 is 0 Å². The zero-order chi connectivity index (χ0) is 50.0. The molecule has 6 heteroatoms. The van der Waals surface area contributed by atoms with Gasteiger partial charge in [0.2, 0.25) is 0 Å². The summed E-state index contributed by atoms with van der Waals surface area (Å²) < 4.78 is 16.7. The molecule has 0 rings (SSSR count). The van der Waals surface area contributed by atoms with Gasteiger partial charge in [-0.3, -0.25) is 14.4 Å². The molecule has 0 aliphatic heterocycles. The molecule has 0 aliphatic carbocycles. The van der Waals surface area contributed by atoms with E-state index < -0.39 is 12.1 Å². The molecule has 0 unspecified atom stereocenters. The molecule has 0 saturated heterocycles. The van der Waals surface area contributed by atoms with Crippen molar-refractivity contribution in [2.75, 3.05) is 13.2 Å². The number of unbranched alkanes of at least 4 members (excludes halogenated alkanes) is 15. The number of allylic oxidation sites excluding steroid dienone is 22. The van der Waals surface area contributed by atoms with E-state index in [4.69, 9.17) is 14.2 Å². The van der Waals surface area contributed by atoms with Crippen molar-refractivity contribution in [2.45, 2.75) is 232 Å². The van der Waals surface area contributed by atoms with Crippen LogP contribution in [-0.2, 0) is 28.6 Å². The Hall–Kier alpha value is -4.45. The first-order valence-electron chi connectivity index (χ1n) is 27.7. The first-order chi connectivity index (χ1) is 34.0. The van der Waals surface area contributed by atoms with Crippen LogP contribution in [0.2, 0.25) is 0 Å². The highest BCUT2D eigenvalue weighted by molar-refractivity contribution is 5.71. The van der Waals surface area contributed by atoms with Crippen LogP contribution in [-0.4, -0.2) is 37.2 Å². The van der Waals surface area contributed by atoms with Gasteiger partial charge >= 0.3 is 17.9 Å². The maximum Gasteiger partial charge on any atom is 0.306 e. The van der Waals surface area contributed by atoms with Crippen molar-refractivity contribution >= 4 is 17.9 Å². The maximum atomic E-state index is 12.8. The van der Waals surface area contributed by atoms with Crippen LogP contribution in [0.5, 0.6) is 0 Å². The normalized spacial score (nSPS) is 13.1. The minimum atomic E-state index is -0.851. The van der Waals surface area contributed by atoms with E-state index in [1.165, 1.54) is 77.0 Å². The summed E-state index contributed by atoms with van der Waals surface area (Å²) >= 11 is 0. The molecule has 1 atom stereocenters. The Kier molecular flexibility index (Phi) is 52.5. The molecular weight excluding hydrogens is 853 g/mol. The molecule has 0 saturated carbocycles. The summed E-state index contributed by atoms with van der Waals surface area (Å²) in [5.41, 5.74) is 0.